The molecule has 0 radical (unpaired) electrons. The Morgan fingerprint density at radius 2 is 2.18 bits per heavy atom. The SMILES string of the molecule is c1cncc(CNc2nc(-c3cccs3)cn3ccnc23)c1. The average molecular weight is 307 g/mol. The summed E-state index contributed by atoms with van der Waals surface area (Å²) >= 11 is 1.68. The highest BCUT2D eigenvalue weighted by atomic mass is 32.1. The minimum absolute atomic E-state index is 0.664. The molecule has 108 valence electrons. The largest absolute Gasteiger partial charge is 0.363 e. The highest BCUT2D eigenvalue weighted by Gasteiger charge is 2.09. The van der Waals surface area contributed by atoms with E-state index in [1.54, 1.807) is 23.7 Å². The zero-order valence-corrected chi connectivity index (χ0v) is 12.5. The van der Waals surface area contributed by atoms with E-state index in [1.165, 1.54) is 0 Å². The molecule has 4 heterocycles. The first kappa shape index (κ1) is 13.0. The van der Waals surface area contributed by atoms with Gasteiger partial charge in [0, 0.05) is 37.5 Å². The Kier molecular flexibility index (Phi) is 3.29. The lowest BCUT2D eigenvalue weighted by molar-refractivity contribution is 1.06. The number of thiophene rings is 1. The summed E-state index contributed by atoms with van der Waals surface area (Å²) in [5.41, 5.74) is 2.87. The van der Waals surface area contributed by atoms with Crippen molar-refractivity contribution in [1.29, 1.82) is 0 Å². The lowest BCUT2D eigenvalue weighted by atomic mass is 10.3. The number of anilines is 1. The van der Waals surface area contributed by atoms with Gasteiger partial charge in [0.2, 0.25) is 0 Å². The highest BCUT2D eigenvalue weighted by Crippen LogP contribution is 2.25. The zero-order valence-electron chi connectivity index (χ0n) is 11.7. The van der Waals surface area contributed by atoms with Crippen LogP contribution in [0, 0.1) is 0 Å². The number of fused-ring (bicyclic) bond motifs is 1. The first-order valence-corrected chi connectivity index (χ1v) is 7.78. The van der Waals surface area contributed by atoms with Gasteiger partial charge in [-0.05, 0) is 23.1 Å². The Morgan fingerprint density at radius 1 is 1.18 bits per heavy atom. The summed E-state index contributed by atoms with van der Waals surface area (Å²) in [6, 6.07) is 8.06. The van der Waals surface area contributed by atoms with Crippen molar-refractivity contribution in [3.8, 4) is 10.6 Å². The fourth-order valence-corrected chi connectivity index (χ4v) is 2.96. The van der Waals surface area contributed by atoms with E-state index in [2.05, 4.69) is 26.7 Å². The maximum absolute atomic E-state index is 4.73. The van der Waals surface area contributed by atoms with Crippen molar-refractivity contribution in [2.75, 3.05) is 5.32 Å². The van der Waals surface area contributed by atoms with Gasteiger partial charge >= 0.3 is 0 Å². The summed E-state index contributed by atoms with van der Waals surface area (Å²) in [7, 11) is 0. The predicted molar refractivity (Wildman–Crippen MR) is 87.9 cm³/mol. The number of aromatic nitrogens is 4. The van der Waals surface area contributed by atoms with Gasteiger partial charge in [-0.2, -0.15) is 0 Å². The van der Waals surface area contributed by atoms with Crippen LogP contribution in [0.4, 0.5) is 5.82 Å². The minimum Gasteiger partial charge on any atom is -0.363 e. The Labute approximate surface area is 131 Å². The number of hydrogen-bond donors (Lipinski definition) is 1. The number of rotatable bonds is 4. The second-order valence-electron chi connectivity index (χ2n) is 4.82. The Balaban J connectivity index is 1.71. The molecule has 0 spiro atoms. The highest BCUT2D eigenvalue weighted by molar-refractivity contribution is 7.13. The van der Waals surface area contributed by atoms with Gasteiger partial charge < -0.3 is 9.72 Å². The van der Waals surface area contributed by atoms with Crippen molar-refractivity contribution >= 4 is 22.8 Å². The zero-order chi connectivity index (χ0) is 14.8. The molecule has 0 saturated carbocycles. The summed E-state index contributed by atoms with van der Waals surface area (Å²) < 4.78 is 1.99. The van der Waals surface area contributed by atoms with E-state index in [1.807, 2.05) is 41.2 Å². The molecular weight excluding hydrogens is 294 g/mol. The number of hydrogen-bond acceptors (Lipinski definition) is 5. The molecule has 5 nitrogen and oxygen atoms in total. The molecule has 0 aliphatic rings. The number of nitrogens with one attached hydrogen (secondary N) is 1. The van der Waals surface area contributed by atoms with E-state index >= 15 is 0 Å². The van der Waals surface area contributed by atoms with Gasteiger partial charge in [0.1, 0.15) is 0 Å². The molecule has 0 saturated heterocycles. The fourth-order valence-electron chi connectivity index (χ4n) is 2.28. The molecule has 0 bridgehead atoms. The van der Waals surface area contributed by atoms with Crippen molar-refractivity contribution in [3.05, 3.63) is 66.2 Å². The van der Waals surface area contributed by atoms with Gasteiger partial charge in [0.25, 0.3) is 0 Å². The van der Waals surface area contributed by atoms with Crippen molar-refractivity contribution in [3.63, 3.8) is 0 Å². The Hall–Kier alpha value is -2.73. The van der Waals surface area contributed by atoms with E-state index < -0.39 is 0 Å². The summed E-state index contributed by atoms with van der Waals surface area (Å²) in [5, 5.41) is 5.42. The monoisotopic (exact) mass is 307 g/mol. The third kappa shape index (κ3) is 2.44. The van der Waals surface area contributed by atoms with Gasteiger partial charge in [-0.15, -0.1) is 11.3 Å². The normalized spacial score (nSPS) is 10.9. The van der Waals surface area contributed by atoms with Crippen molar-refractivity contribution in [2.45, 2.75) is 6.54 Å². The summed E-state index contributed by atoms with van der Waals surface area (Å²) in [6.45, 7) is 0.664. The van der Waals surface area contributed by atoms with Crippen LogP contribution in [0.3, 0.4) is 0 Å². The number of nitrogens with zero attached hydrogens (tertiary/aromatic N) is 4. The molecule has 4 rings (SSSR count). The van der Waals surface area contributed by atoms with Crippen molar-refractivity contribution < 1.29 is 0 Å². The topological polar surface area (TPSA) is 55.1 Å². The third-order valence-corrected chi connectivity index (χ3v) is 4.22. The van der Waals surface area contributed by atoms with Gasteiger partial charge in [0.05, 0.1) is 10.6 Å². The molecular formula is C16H13N5S. The number of imidazole rings is 1. The lowest BCUT2D eigenvalue weighted by Gasteiger charge is -2.09. The van der Waals surface area contributed by atoms with Gasteiger partial charge in [0.15, 0.2) is 11.5 Å². The van der Waals surface area contributed by atoms with Crippen LogP contribution in [0.2, 0.25) is 0 Å². The molecule has 1 N–H and O–H groups in total. The standard InChI is InChI=1S/C16H13N5S/c1-3-12(9-17-5-1)10-19-15-16-18-6-7-21(16)11-13(20-15)14-4-2-8-22-14/h1-9,11H,10H2,(H,19,20). The molecule has 22 heavy (non-hydrogen) atoms. The maximum atomic E-state index is 4.73. The van der Waals surface area contributed by atoms with Gasteiger partial charge in [-0.25, -0.2) is 9.97 Å². The third-order valence-electron chi connectivity index (χ3n) is 3.33. The van der Waals surface area contributed by atoms with Crippen molar-refractivity contribution in [2.24, 2.45) is 0 Å². The van der Waals surface area contributed by atoms with Gasteiger partial charge in [-0.1, -0.05) is 12.1 Å². The minimum atomic E-state index is 0.664. The van der Waals surface area contributed by atoms with Crippen LogP contribution in [-0.2, 0) is 6.54 Å². The molecule has 6 heteroatoms. The second kappa shape index (κ2) is 5.57. The predicted octanol–water partition coefficient (Wildman–Crippen LogP) is 3.46. The Bertz CT molecular complexity index is 883. The van der Waals surface area contributed by atoms with E-state index in [9.17, 15) is 0 Å². The van der Waals surface area contributed by atoms with Crippen LogP contribution in [0.15, 0.2) is 60.6 Å². The van der Waals surface area contributed by atoms with Crippen LogP contribution in [0.1, 0.15) is 5.56 Å². The first-order chi connectivity index (χ1) is 10.9. The van der Waals surface area contributed by atoms with Crippen LogP contribution < -0.4 is 5.32 Å². The van der Waals surface area contributed by atoms with E-state index in [0.29, 0.717) is 6.54 Å². The van der Waals surface area contributed by atoms with Crippen LogP contribution in [0.5, 0.6) is 0 Å². The summed E-state index contributed by atoms with van der Waals surface area (Å²) in [5.74, 6) is 0.778. The molecule has 0 aromatic carbocycles. The molecule has 0 unspecified atom stereocenters. The molecule has 0 aliphatic heterocycles. The van der Waals surface area contributed by atoms with Crippen LogP contribution >= 0.6 is 11.3 Å². The fraction of sp³-hybridized carbons (Fsp3) is 0.0625. The van der Waals surface area contributed by atoms with E-state index in [-0.39, 0.29) is 0 Å². The maximum Gasteiger partial charge on any atom is 0.180 e. The molecule has 4 aromatic rings. The molecule has 4 aromatic heterocycles. The summed E-state index contributed by atoms with van der Waals surface area (Å²) in [4.78, 5) is 14.4. The number of pyridine rings is 1. The Morgan fingerprint density at radius 3 is 3.00 bits per heavy atom. The molecule has 0 amide bonds. The smallest absolute Gasteiger partial charge is 0.180 e. The van der Waals surface area contributed by atoms with E-state index in [0.717, 1.165) is 27.6 Å². The average Bonchev–Trinajstić information content (AvgIpc) is 3.24. The second-order valence-corrected chi connectivity index (χ2v) is 5.77. The first-order valence-electron chi connectivity index (χ1n) is 6.90. The lowest BCUT2D eigenvalue weighted by Crippen LogP contribution is -2.05. The van der Waals surface area contributed by atoms with Crippen LogP contribution in [0.25, 0.3) is 16.2 Å². The van der Waals surface area contributed by atoms with E-state index in [4.69, 9.17) is 4.98 Å². The van der Waals surface area contributed by atoms with Crippen molar-refractivity contribution in [1.82, 2.24) is 19.4 Å². The molecule has 0 atom stereocenters. The quantitative estimate of drug-likeness (QED) is 0.627. The molecule has 0 fully saturated rings. The molecule has 0 aliphatic carbocycles. The van der Waals surface area contributed by atoms with Crippen LogP contribution in [-0.4, -0.2) is 19.4 Å². The van der Waals surface area contributed by atoms with Gasteiger partial charge in [-0.3, -0.25) is 4.98 Å². The summed E-state index contributed by atoms with van der Waals surface area (Å²) in [6.07, 6.45) is 9.34.